The van der Waals surface area contributed by atoms with E-state index in [-0.39, 0.29) is 23.6 Å². The van der Waals surface area contributed by atoms with Crippen LogP contribution in [0.4, 0.5) is 0 Å². The fraction of sp³-hybridized carbons (Fsp3) is 0.833. The van der Waals surface area contributed by atoms with Crippen LogP contribution in [0.1, 0.15) is 39.5 Å². The molecule has 0 aromatic carbocycles. The van der Waals surface area contributed by atoms with Crippen LogP contribution in [0.3, 0.4) is 0 Å². The molecule has 1 aliphatic carbocycles. The van der Waals surface area contributed by atoms with Crippen LogP contribution in [0.25, 0.3) is 0 Å². The predicted molar refractivity (Wildman–Crippen MR) is 57.3 cm³/mol. The summed E-state index contributed by atoms with van der Waals surface area (Å²) in [6, 6.07) is 0. The van der Waals surface area contributed by atoms with E-state index in [1.165, 1.54) is 7.11 Å². The first kappa shape index (κ1) is 12.2. The van der Waals surface area contributed by atoms with Gasteiger partial charge in [-0.3, -0.25) is 9.59 Å². The zero-order valence-electron chi connectivity index (χ0n) is 9.79. The summed E-state index contributed by atoms with van der Waals surface area (Å²) >= 11 is 0. The largest absolute Gasteiger partial charge is 0.468 e. The molecule has 0 radical (unpaired) electrons. The van der Waals surface area contributed by atoms with Crippen molar-refractivity contribution in [2.45, 2.75) is 39.5 Å². The number of methoxy groups -OCH3 is 1. The lowest BCUT2D eigenvalue weighted by molar-refractivity contribution is -0.152. The number of carbonyl (C=O) groups is 2. The van der Waals surface area contributed by atoms with E-state index in [0.29, 0.717) is 0 Å². The maximum Gasteiger partial charge on any atom is 0.316 e. The van der Waals surface area contributed by atoms with Gasteiger partial charge in [-0.2, -0.15) is 0 Å². The molecule has 0 N–H and O–H groups in total. The highest BCUT2D eigenvalue weighted by Gasteiger charge is 2.37. The predicted octanol–water partition coefficient (Wildman–Crippen LogP) is 2.19. The van der Waals surface area contributed by atoms with Gasteiger partial charge in [-0.25, -0.2) is 0 Å². The van der Waals surface area contributed by atoms with Crippen LogP contribution in [0.5, 0.6) is 0 Å². The number of ether oxygens (including phenoxy) is 1. The maximum absolute atomic E-state index is 11.9. The van der Waals surface area contributed by atoms with Crippen molar-refractivity contribution in [3.8, 4) is 0 Å². The van der Waals surface area contributed by atoms with Crippen LogP contribution >= 0.6 is 0 Å². The molecule has 1 saturated carbocycles. The summed E-state index contributed by atoms with van der Waals surface area (Å²) in [5.74, 6) is -0.700. The highest BCUT2D eigenvalue weighted by molar-refractivity contribution is 6.00. The van der Waals surface area contributed by atoms with Gasteiger partial charge in [0, 0.05) is 5.92 Å². The number of esters is 1. The third-order valence-corrected chi connectivity index (χ3v) is 3.20. The molecule has 15 heavy (non-hydrogen) atoms. The Bertz CT molecular complexity index is 239. The van der Waals surface area contributed by atoms with Crippen molar-refractivity contribution in [2.24, 2.45) is 17.8 Å². The smallest absolute Gasteiger partial charge is 0.316 e. The third kappa shape index (κ3) is 2.80. The van der Waals surface area contributed by atoms with Gasteiger partial charge in [-0.1, -0.05) is 26.7 Å². The lowest BCUT2D eigenvalue weighted by atomic mass is 9.83. The topological polar surface area (TPSA) is 43.4 Å². The van der Waals surface area contributed by atoms with Gasteiger partial charge < -0.3 is 4.74 Å². The minimum atomic E-state index is -0.516. The van der Waals surface area contributed by atoms with E-state index in [2.05, 4.69) is 0 Å². The Kier molecular flexibility index (Phi) is 4.30. The molecule has 0 amide bonds. The zero-order valence-corrected chi connectivity index (χ0v) is 9.79. The van der Waals surface area contributed by atoms with Crippen molar-refractivity contribution in [3.63, 3.8) is 0 Å². The van der Waals surface area contributed by atoms with Crippen LogP contribution in [0.15, 0.2) is 0 Å². The molecule has 1 aliphatic rings. The number of rotatable bonds is 4. The Morgan fingerprint density at radius 1 is 1.20 bits per heavy atom. The van der Waals surface area contributed by atoms with Crippen LogP contribution in [-0.4, -0.2) is 18.9 Å². The SMILES string of the molecule is COC(=O)C(C(=O)C(C)C)C1CCCC1. The summed E-state index contributed by atoms with van der Waals surface area (Å²) in [6.07, 6.45) is 4.23. The lowest BCUT2D eigenvalue weighted by Crippen LogP contribution is -2.34. The minimum absolute atomic E-state index is 0.0359. The molecular formula is C12H20O3. The molecule has 0 aromatic rings. The first-order valence-corrected chi connectivity index (χ1v) is 5.69. The van der Waals surface area contributed by atoms with Gasteiger partial charge in [-0.15, -0.1) is 0 Å². The Morgan fingerprint density at radius 2 is 1.73 bits per heavy atom. The summed E-state index contributed by atoms with van der Waals surface area (Å²) in [5, 5.41) is 0. The molecule has 1 fully saturated rings. The quantitative estimate of drug-likeness (QED) is 0.530. The molecule has 3 heteroatoms. The number of ketones is 1. The van der Waals surface area contributed by atoms with E-state index >= 15 is 0 Å². The summed E-state index contributed by atoms with van der Waals surface area (Å²) in [7, 11) is 1.36. The first-order chi connectivity index (χ1) is 7.07. The Labute approximate surface area is 91.2 Å². The molecule has 0 aliphatic heterocycles. The maximum atomic E-state index is 11.9. The van der Waals surface area contributed by atoms with Gasteiger partial charge in [0.05, 0.1) is 7.11 Å². The standard InChI is InChI=1S/C12H20O3/c1-8(2)11(13)10(12(14)15-3)9-6-4-5-7-9/h8-10H,4-7H2,1-3H3. The highest BCUT2D eigenvalue weighted by atomic mass is 16.5. The van der Waals surface area contributed by atoms with Crippen molar-refractivity contribution < 1.29 is 14.3 Å². The fourth-order valence-electron chi connectivity index (χ4n) is 2.32. The molecule has 0 heterocycles. The van der Waals surface area contributed by atoms with Crippen molar-refractivity contribution in [1.82, 2.24) is 0 Å². The molecule has 1 rings (SSSR count). The Morgan fingerprint density at radius 3 is 2.13 bits per heavy atom. The van der Waals surface area contributed by atoms with E-state index in [4.69, 9.17) is 4.74 Å². The van der Waals surface area contributed by atoms with Crippen molar-refractivity contribution in [2.75, 3.05) is 7.11 Å². The monoisotopic (exact) mass is 212 g/mol. The van der Waals surface area contributed by atoms with Gasteiger partial charge in [0.1, 0.15) is 11.7 Å². The van der Waals surface area contributed by atoms with Crippen molar-refractivity contribution >= 4 is 11.8 Å². The molecule has 1 unspecified atom stereocenters. The second-order valence-electron chi connectivity index (χ2n) is 4.60. The zero-order chi connectivity index (χ0) is 11.4. The Balaban J connectivity index is 2.76. The molecule has 0 spiro atoms. The summed E-state index contributed by atoms with van der Waals surface area (Å²) in [6.45, 7) is 3.68. The first-order valence-electron chi connectivity index (χ1n) is 5.69. The molecule has 0 bridgehead atoms. The van der Waals surface area contributed by atoms with Crippen LogP contribution in [0.2, 0.25) is 0 Å². The number of hydrogen-bond acceptors (Lipinski definition) is 3. The fourth-order valence-corrected chi connectivity index (χ4v) is 2.32. The van der Waals surface area contributed by atoms with Gasteiger partial charge in [0.2, 0.25) is 0 Å². The van der Waals surface area contributed by atoms with E-state index < -0.39 is 5.92 Å². The summed E-state index contributed by atoms with van der Waals surface area (Å²) in [4.78, 5) is 23.5. The van der Waals surface area contributed by atoms with E-state index in [0.717, 1.165) is 25.7 Å². The van der Waals surface area contributed by atoms with Gasteiger partial charge >= 0.3 is 5.97 Å². The van der Waals surface area contributed by atoms with Gasteiger partial charge in [0.25, 0.3) is 0 Å². The summed E-state index contributed by atoms with van der Waals surface area (Å²) in [5.41, 5.74) is 0. The van der Waals surface area contributed by atoms with Crippen LogP contribution in [0, 0.1) is 17.8 Å². The van der Waals surface area contributed by atoms with Crippen molar-refractivity contribution in [3.05, 3.63) is 0 Å². The van der Waals surface area contributed by atoms with E-state index in [1.54, 1.807) is 0 Å². The minimum Gasteiger partial charge on any atom is -0.468 e. The normalized spacial score (nSPS) is 19.2. The number of Topliss-reactive ketones (excluding diaryl/α,β-unsaturated/α-hetero) is 1. The van der Waals surface area contributed by atoms with Gasteiger partial charge in [0.15, 0.2) is 0 Å². The third-order valence-electron chi connectivity index (χ3n) is 3.20. The molecule has 3 nitrogen and oxygen atoms in total. The number of carbonyl (C=O) groups excluding carboxylic acids is 2. The van der Waals surface area contributed by atoms with E-state index in [1.807, 2.05) is 13.8 Å². The second kappa shape index (κ2) is 5.29. The van der Waals surface area contributed by atoms with E-state index in [9.17, 15) is 9.59 Å². The molecule has 1 atom stereocenters. The van der Waals surface area contributed by atoms with Gasteiger partial charge in [-0.05, 0) is 18.8 Å². The molecule has 0 saturated heterocycles. The highest BCUT2D eigenvalue weighted by Crippen LogP contribution is 2.33. The summed E-state index contributed by atoms with van der Waals surface area (Å²) < 4.78 is 4.74. The Hall–Kier alpha value is -0.860. The molecular weight excluding hydrogens is 192 g/mol. The van der Waals surface area contributed by atoms with Crippen LogP contribution in [-0.2, 0) is 14.3 Å². The lowest BCUT2D eigenvalue weighted by Gasteiger charge is -2.21. The second-order valence-corrected chi connectivity index (χ2v) is 4.60. The number of hydrogen-bond donors (Lipinski definition) is 0. The van der Waals surface area contributed by atoms with Crippen LogP contribution < -0.4 is 0 Å². The molecule has 0 aromatic heterocycles. The average molecular weight is 212 g/mol. The average Bonchev–Trinajstić information content (AvgIpc) is 2.70. The molecule has 86 valence electrons. The van der Waals surface area contributed by atoms with Crippen molar-refractivity contribution in [1.29, 1.82) is 0 Å².